The zero-order valence-electron chi connectivity index (χ0n) is 11.6. The third-order valence-electron chi connectivity index (χ3n) is 3.08. The number of aliphatic hydroxyl groups excluding tert-OH is 1. The molecule has 108 valence electrons. The number of hydrogen-bond donors (Lipinski definition) is 1. The van der Waals surface area contributed by atoms with Crippen LogP contribution in [-0.4, -0.2) is 19.3 Å². The van der Waals surface area contributed by atoms with E-state index in [1.807, 2.05) is 31.2 Å². The average molecular weight is 357 g/mol. The first-order valence-electron chi connectivity index (χ1n) is 6.20. The van der Waals surface area contributed by atoms with Gasteiger partial charge in [0, 0.05) is 20.6 Å². The molecule has 0 amide bonds. The van der Waals surface area contributed by atoms with Crippen LogP contribution in [0.25, 0.3) is 0 Å². The molecule has 0 saturated carbocycles. The third-order valence-corrected chi connectivity index (χ3v) is 5.32. The summed E-state index contributed by atoms with van der Waals surface area (Å²) >= 11 is 5.08. The second kappa shape index (κ2) is 6.61. The van der Waals surface area contributed by atoms with E-state index in [0.717, 1.165) is 14.9 Å². The topological polar surface area (TPSA) is 38.7 Å². The van der Waals surface area contributed by atoms with Crippen LogP contribution in [0.1, 0.15) is 21.4 Å². The smallest absolute Gasteiger partial charge is 0.160 e. The van der Waals surface area contributed by atoms with Crippen molar-refractivity contribution in [1.82, 2.24) is 0 Å². The van der Waals surface area contributed by atoms with E-state index in [1.54, 1.807) is 25.6 Å². The zero-order chi connectivity index (χ0) is 14.7. The maximum absolute atomic E-state index is 10.3. The van der Waals surface area contributed by atoms with Crippen LogP contribution in [0.4, 0.5) is 0 Å². The van der Waals surface area contributed by atoms with Crippen LogP contribution in [0, 0.1) is 6.92 Å². The fourth-order valence-electron chi connectivity index (χ4n) is 1.98. The van der Waals surface area contributed by atoms with Gasteiger partial charge in [0.1, 0.15) is 0 Å². The summed E-state index contributed by atoms with van der Waals surface area (Å²) in [5, 5.41) is 10.3. The van der Waals surface area contributed by atoms with Crippen LogP contribution in [0.15, 0.2) is 28.7 Å². The monoisotopic (exact) mass is 356 g/mol. The summed E-state index contributed by atoms with van der Waals surface area (Å²) in [6.45, 7) is 2.03. The lowest BCUT2D eigenvalue weighted by Crippen LogP contribution is -2.00. The summed E-state index contributed by atoms with van der Waals surface area (Å²) < 4.78 is 11.5. The van der Waals surface area contributed by atoms with Crippen molar-refractivity contribution < 1.29 is 14.6 Å². The van der Waals surface area contributed by atoms with Crippen molar-refractivity contribution in [1.29, 1.82) is 0 Å². The zero-order valence-corrected chi connectivity index (χ0v) is 14.0. The first-order valence-corrected chi connectivity index (χ1v) is 7.81. The van der Waals surface area contributed by atoms with E-state index >= 15 is 0 Å². The summed E-state index contributed by atoms with van der Waals surface area (Å²) in [6.07, 6.45) is 0.0373. The molecule has 0 radical (unpaired) electrons. The van der Waals surface area contributed by atoms with Crippen molar-refractivity contribution in [2.75, 3.05) is 14.2 Å². The molecule has 0 fully saturated rings. The predicted molar refractivity (Wildman–Crippen MR) is 85.0 cm³/mol. The molecule has 1 N–H and O–H groups in total. The largest absolute Gasteiger partial charge is 0.493 e. The number of benzene rings is 1. The van der Waals surface area contributed by atoms with Crippen LogP contribution < -0.4 is 9.47 Å². The van der Waals surface area contributed by atoms with Gasteiger partial charge >= 0.3 is 0 Å². The van der Waals surface area contributed by atoms with Gasteiger partial charge in [-0.1, -0.05) is 6.07 Å². The number of ether oxygens (including phenoxy) is 2. The van der Waals surface area contributed by atoms with E-state index in [-0.39, 0.29) is 0 Å². The van der Waals surface area contributed by atoms with Crippen molar-refractivity contribution in [3.05, 3.63) is 44.1 Å². The highest BCUT2D eigenvalue weighted by Crippen LogP contribution is 2.33. The maximum Gasteiger partial charge on any atom is 0.160 e. The lowest BCUT2D eigenvalue weighted by molar-refractivity contribution is 0.182. The minimum Gasteiger partial charge on any atom is -0.493 e. The number of hydrogen-bond acceptors (Lipinski definition) is 4. The van der Waals surface area contributed by atoms with Crippen LogP contribution in [0.2, 0.25) is 0 Å². The Bertz CT molecular complexity index is 575. The van der Waals surface area contributed by atoms with Gasteiger partial charge in [-0.05, 0) is 46.6 Å². The highest BCUT2D eigenvalue weighted by molar-refractivity contribution is 9.10. The molecule has 2 aromatic rings. The first kappa shape index (κ1) is 15.4. The summed E-state index contributed by atoms with van der Waals surface area (Å²) in [6, 6.07) is 7.68. The van der Waals surface area contributed by atoms with Crippen molar-refractivity contribution in [2.24, 2.45) is 0 Å². The van der Waals surface area contributed by atoms with Gasteiger partial charge in [-0.15, -0.1) is 11.3 Å². The van der Waals surface area contributed by atoms with Gasteiger partial charge in [-0.25, -0.2) is 0 Å². The fraction of sp³-hybridized carbons (Fsp3) is 0.333. The fourth-order valence-corrected chi connectivity index (χ4v) is 3.52. The molecule has 3 nitrogen and oxygen atoms in total. The van der Waals surface area contributed by atoms with Crippen LogP contribution in [0.5, 0.6) is 11.5 Å². The quantitative estimate of drug-likeness (QED) is 0.875. The predicted octanol–water partition coefficient (Wildman–Crippen LogP) is 4.11. The molecule has 0 aliphatic rings. The Morgan fingerprint density at radius 1 is 1.20 bits per heavy atom. The number of aryl methyl sites for hydroxylation is 1. The van der Waals surface area contributed by atoms with Crippen LogP contribution in [-0.2, 0) is 6.42 Å². The standard InChI is InChI=1S/C15H17BrO3S/c1-9-11(16)8-15(20-9)12(17)6-10-4-5-13(18-2)14(7-10)19-3/h4-5,7-8,12,17H,6H2,1-3H3. The minimum absolute atomic E-state index is 0.511. The molecule has 1 aromatic carbocycles. The molecule has 0 spiro atoms. The summed E-state index contributed by atoms with van der Waals surface area (Å²) in [4.78, 5) is 2.13. The van der Waals surface area contributed by atoms with E-state index in [1.165, 1.54) is 4.88 Å². The lowest BCUT2D eigenvalue weighted by atomic mass is 10.1. The van der Waals surface area contributed by atoms with E-state index in [0.29, 0.717) is 17.9 Å². The normalized spacial score (nSPS) is 12.2. The molecule has 1 aromatic heterocycles. The van der Waals surface area contributed by atoms with Gasteiger partial charge in [0.15, 0.2) is 11.5 Å². The summed E-state index contributed by atoms with van der Waals surface area (Å²) in [7, 11) is 3.22. The van der Waals surface area contributed by atoms with Crippen molar-refractivity contribution in [3.63, 3.8) is 0 Å². The van der Waals surface area contributed by atoms with Gasteiger partial charge < -0.3 is 14.6 Å². The summed E-state index contributed by atoms with van der Waals surface area (Å²) in [5.74, 6) is 1.38. The Balaban J connectivity index is 2.17. The van der Waals surface area contributed by atoms with Gasteiger partial charge in [0.25, 0.3) is 0 Å². The van der Waals surface area contributed by atoms with Crippen molar-refractivity contribution in [2.45, 2.75) is 19.4 Å². The summed E-state index contributed by atoms with van der Waals surface area (Å²) in [5.41, 5.74) is 1.01. The number of methoxy groups -OCH3 is 2. The molecular formula is C15H17BrO3S. The van der Waals surface area contributed by atoms with E-state index < -0.39 is 6.10 Å². The number of thiophene rings is 1. The van der Waals surface area contributed by atoms with Crippen molar-refractivity contribution in [3.8, 4) is 11.5 Å². The van der Waals surface area contributed by atoms with Crippen LogP contribution >= 0.6 is 27.3 Å². The third kappa shape index (κ3) is 3.34. The molecule has 1 heterocycles. The minimum atomic E-state index is -0.511. The molecule has 20 heavy (non-hydrogen) atoms. The van der Waals surface area contributed by atoms with Gasteiger partial charge in [-0.2, -0.15) is 0 Å². The molecule has 1 unspecified atom stereocenters. The molecule has 0 aliphatic carbocycles. The number of rotatable bonds is 5. The molecule has 2 rings (SSSR count). The average Bonchev–Trinajstić information content (AvgIpc) is 2.78. The van der Waals surface area contributed by atoms with Gasteiger partial charge in [-0.3, -0.25) is 0 Å². The second-order valence-corrected chi connectivity index (χ2v) is 6.60. The number of halogens is 1. The lowest BCUT2D eigenvalue weighted by Gasteiger charge is -2.12. The SMILES string of the molecule is COc1ccc(CC(O)c2cc(Br)c(C)s2)cc1OC. The number of aliphatic hydroxyl groups is 1. The Morgan fingerprint density at radius 2 is 1.90 bits per heavy atom. The van der Waals surface area contributed by atoms with E-state index in [2.05, 4.69) is 15.9 Å². The Morgan fingerprint density at radius 3 is 2.45 bits per heavy atom. The maximum atomic E-state index is 10.3. The highest BCUT2D eigenvalue weighted by Gasteiger charge is 2.14. The molecule has 5 heteroatoms. The second-order valence-electron chi connectivity index (χ2n) is 4.46. The van der Waals surface area contributed by atoms with E-state index in [9.17, 15) is 5.11 Å². The molecular weight excluding hydrogens is 340 g/mol. The molecule has 1 atom stereocenters. The van der Waals surface area contributed by atoms with Gasteiger partial charge in [0.05, 0.1) is 20.3 Å². The Kier molecular flexibility index (Phi) is 5.07. The molecule has 0 bridgehead atoms. The first-order chi connectivity index (χ1) is 9.55. The van der Waals surface area contributed by atoms with Crippen molar-refractivity contribution >= 4 is 27.3 Å². The molecule has 0 aliphatic heterocycles. The Hall–Kier alpha value is -1.04. The van der Waals surface area contributed by atoms with E-state index in [4.69, 9.17) is 9.47 Å². The Labute approximate surface area is 131 Å². The highest BCUT2D eigenvalue weighted by atomic mass is 79.9. The van der Waals surface area contributed by atoms with Crippen LogP contribution in [0.3, 0.4) is 0 Å². The van der Waals surface area contributed by atoms with Gasteiger partial charge in [0.2, 0.25) is 0 Å². The molecule has 0 saturated heterocycles.